The maximum absolute atomic E-state index is 11.5. The highest BCUT2D eigenvalue weighted by Crippen LogP contribution is 2.37. The SMILES string of the molecule is CNC(c1cc(C)c(C)s1)c1cc2c(cc1Cl)NC(=O)C2. The fourth-order valence-corrected chi connectivity index (χ4v) is 4.13. The number of carbonyl (C=O) groups is 1. The quantitative estimate of drug-likeness (QED) is 0.902. The lowest BCUT2D eigenvalue weighted by molar-refractivity contribution is -0.115. The number of halogens is 1. The van der Waals surface area contributed by atoms with Gasteiger partial charge in [0, 0.05) is 20.5 Å². The summed E-state index contributed by atoms with van der Waals surface area (Å²) in [5.41, 5.74) is 4.17. The van der Waals surface area contributed by atoms with Gasteiger partial charge in [-0.2, -0.15) is 0 Å². The summed E-state index contributed by atoms with van der Waals surface area (Å²) >= 11 is 8.22. The third kappa shape index (κ3) is 2.59. The van der Waals surface area contributed by atoms with Gasteiger partial charge in [0.15, 0.2) is 0 Å². The van der Waals surface area contributed by atoms with Gasteiger partial charge in [-0.3, -0.25) is 4.79 Å². The summed E-state index contributed by atoms with van der Waals surface area (Å²) in [7, 11) is 1.93. The Kier molecular flexibility index (Phi) is 3.78. The standard InChI is InChI=1S/C16H17ClN2OS/c1-8-4-14(21-9(8)2)16(18-3)11-5-10-6-15(20)19-13(10)7-12(11)17/h4-5,7,16,18H,6H2,1-3H3,(H,19,20). The van der Waals surface area contributed by atoms with Gasteiger partial charge in [0.1, 0.15) is 0 Å². The minimum atomic E-state index is 0.0297. The molecule has 0 aliphatic carbocycles. The molecule has 21 heavy (non-hydrogen) atoms. The third-order valence-corrected chi connectivity index (χ3v) is 5.46. The normalized spacial score (nSPS) is 15.0. The highest BCUT2D eigenvalue weighted by atomic mass is 35.5. The van der Waals surface area contributed by atoms with E-state index in [1.54, 1.807) is 11.3 Å². The highest BCUT2D eigenvalue weighted by molar-refractivity contribution is 7.12. The molecular formula is C16H17ClN2OS. The number of thiophene rings is 1. The van der Waals surface area contributed by atoms with Crippen molar-refractivity contribution < 1.29 is 4.79 Å². The second-order valence-corrected chi connectivity index (χ2v) is 7.06. The van der Waals surface area contributed by atoms with Crippen LogP contribution in [0.15, 0.2) is 18.2 Å². The van der Waals surface area contributed by atoms with Crippen LogP contribution in [0, 0.1) is 13.8 Å². The van der Waals surface area contributed by atoms with E-state index in [4.69, 9.17) is 11.6 Å². The topological polar surface area (TPSA) is 41.1 Å². The largest absolute Gasteiger partial charge is 0.325 e. The molecule has 1 unspecified atom stereocenters. The van der Waals surface area contributed by atoms with Crippen molar-refractivity contribution in [2.45, 2.75) is 26.3 Å². The molecule has 0 bridgehead atoms. The monoisotopic (exact) mass is 320 g/mol. The Morgan fingerprint density at radius 1 is 1.33 bits per heavy atom. The molecule has 2 N–H and O–H groups in total. The van der Waals surface area contributed by atoms with E-state index in [1.165, 1.54) is 15.3 Å². The minimum Gasteiger partial charge on any atom is -0.325 e. The lowest BCUT2D eigenvalue weighted by atomic mass is 10.0. The number of hydrogen-bond acceptors (Lipinski definition) is 3. The van der Waals surface area contributed by atoms with Crippen molar-refractivity contribution in [3.05, 3.63) is 49.7 Å². The number of aryl methyl sites for hydroxylation is 2. The average Bonchev–Trinajstić information content (AvgIpc) is 2.93. The number of amides is 1. The van der Waals surface area contributed by atoms with Crippen LogP contribution in [0.25, 0.3) is 0 Å². The van der Waals surface area contributed by atoms with Gasteiger partial charge in [0.05, 0.1) is 12.5 Å². The Morgan fingerprint density at radius 3 is 2.71 bits per heavy atom. The molecule has 0 spiro atoms. The van der Waals surface area contributed by atoms with Crippen LogP contribution in [0.1, 0.15) is 32.5 Å². The van der Waals surface area contributed by atoms with Crippen LogP contribution in [0.2, 0.25) is 5.02 Å². The van der Waals surface area contributed by atoms with Crippen LogP contribution < -0.4 is 10.6 Å². The number of rotatable bonds is 3. The summed E-state index contributed by atoms with van der Waals surface area (Å²) < 4.78 is 0. The second-order valence-electron chi connectivity index (χ2n) is 5.37. The van der Waals surface area contributed by atoms with E-state index in [-0.39, 0.29) is 11.9 Å². The zero-order valence-corrected chi connectivity index (χ0v) is 13.8. The number of hydrogen-bond donors (Lipinski definition) is 2. The second kappa shape index (κ2) is 5.44. The molecule has 0 fully saturated rings. The third-order valence-electron chi connectivity index (χ3n) is 3.92. The molecule has 1 aliphatic heterocycles. The number of carbonyl (C=O) groups excluding carboxylic acids is 1. The summed E-state index contributed by atoms with van der Waals surface area (Å²) in [6, 6.07) is 6.15. The Balaban J connectivity index is 2.05. The lowest BCUT2D eigenvalue weighted by Crippen LogP contribution is -2.17. The Morgan fingerprint density at radius 2 is 2.10 bits per heavy atom. The van der Waals surface area contributed by atoms with Crippen LogP contribution in [-0.2, 0) is 11.2 Å². The van der Waals surface area contributed by atoms with E-state index in [1.807, 2.05) is 19.2 Å². The predicted octanol–water partition coefficient (Wildman–Crippen LogP) is 3.82. The molecule has 110 valence electrons. The van der Waals surface area contributed by atoms with Gasteiger partial charge in [-0.05, 0) is 55.8 Å². The van der Waals surface area contributed by atoms with Gasteiger partial charge in [-0.1, -0.05) is 11.6 Å². The number of nitrogens with one attached hydrogen (secondary N) is 2. The number of fused-ring (bicyclic) bond motifs is 1. The first-order valence-corrected chi connectivity index (χ1v) is 8.05. The Bertz CT molecular complexity index is 704. The van der Waals surface area contributed by atoms with Gasteiger partial charge in [-0.15, -0.1) is 11.3 Å². The van der Waals surface area contributed by atoms with Crippen molar-refractivity contribution in [1.82, 2.24) is 5.32 Å². The Hall–Kier alpha value is -1.36. The Labute approximate surface area is 133 Å². The summed E-state index contributed by atoms with van der Waals surface area (Å²) in [5.74, 6) is 0.0297. The van der Waals surface area contributed by atoms with E-state index < -0.39 is 0 Å². The predicted molar refractivity (Wildman–Crippen MR) is 88.5 cm³/mol. The van der Waals surface area contributed by atoms with Crippen molar-refractivity contribution in [2.75, 3.05) is 12.4 Å². The van der Waals surface area contributed by atoms with Gasteiger partial charge in [-0.25, -0.2) is 0 Å². The van der Waals surface area contributed by atoms with E-state index in [2.05, 4.69) is 30.5 Å². The van der Waals surface area contributed by atoms with Gasteiger partial charge in [0.25, 0.3) is 0 Å². The van der Waals surface area contributed by atoms with Crippen LogP contribution >= 0.6 is 22.9 Å². The van der Waals surface area contributed by atoms with E-state index in [0.29, 0.717) is 11.4 Å². The summed E-state index contributed by atoms with van der Waals surface area (Å²) in [4.78, 5) is 14.1. The van der Waals surface area contributed by atoms with Crippen molar-refractivity contribution in [1.29, 1.82) is 0 Å². The van der Waals surface area contributed by atoms with E-state index >= 15 is 0 Å². The number of anilines is 1. The zero-order valence-electron chi connectivity index (χ0n) is 12.2. The molecule has 3 nitrogen and oxygen atoms in total. The molecule has 3 rings (SSSR count). The molecule has 0 saturated carbocycles. The van der Waals surface area contributed by atoms with Crippen molar-refractivity contribution in [3.63, 3.8) is 0 Å². The molecule has 2 aromatic rings. The van der Waals surface area contributed by atoms with E-state index in [9.17, 15) is 4.79 Å². The van der Waals surface area contributed by atoms with Crippen molar-refractivity contribution in [3.8, 4) is 0 Å². The maximum Gasteiger partial charge on any atom is 0.228 e. The molecule has 1 amide bonds. The molecular weight excluding hydrogens is 304 g/mol. The van der Waals surface area contributed by atoms with Gasteiger partial charge in [0.2, 0.25) is 5.91 Å². The first kappa shape index (κ1) is 14.6. The fraction of sp³-hybridized carbons (Fsp3) is 0.312. The summed E-state index contributed by atoms with van der Waals surface area (Å²) in [6.45, 7) is 4.25. The van der Waals surface area contributed by atoms with Crippen LogP contribution in [0.3, 0.4) is 0 Å². The molecule has 0 radical (unpaired) electrons. The molecule has 1 aromatic carbocycles. The van der Waals surface area contributed by atoms with Crippen LogP contribution in [-0.4, -0.2) is 13.0 Å². The summed E-state index contributed by atoms with van der Waals surface area (Å²) in [5, 5.41) is 6.85. The van der Waals surface area contributed by atoms with Crippen LogP contribution in [0.4, 0.5) is 5.69 Å². The highest BCUT2D eigenvalue weighted by Gasteiger charge is 2.24. The first-order chi connectivity index (χ1) is 9.99. The average molecular weight is 321 g/mol. The fourth-order valence-electron chi connectivity index (χ4n) is 2.68. The molecule has 5 heteroatoms. The molecule has 2 heterocycles. The maximum atomic E-state index is 11.5. The first-order valence-electron chi connectivity index (χ1n) is 6.86. The molecule has 1 aliphatic rings. The zero-order chi connectivity index (χ0) is 15.1. The van der Waals surface area contributed by atoms with E-state index in [0.717, 1.165) is 16.8 Å². The van der Waals surface area contributed by atoms with Crippen LogP contribution in [0.5, 0.6) is 0 Å². The van der Waals surface area contributed by atoms with Gasteiger partial charge < -0.3 is 10.6 Å². The molecule has 1 atom stereocenters. The van der Waals surface area contributed by atoms with Gasteiger partial charge >= 0.3 is 0 Å². The smallest absolute Gasteiger partial charge is 0.228 e. The molecule has 0 saturated heterocycles. The molecule has 1 aromatic heterocycles. The minimum absolute atomic E-state index is 0.0297. The van der Waals surface area contributed by atoms with Crippen molar-refractivity contribution in [2.24, 2.45) is 0 Å². The summed E-state index contributed by atoms with van der Waals surface area (Å²) in [6.07, 6.45) is 0.429. The van der Waals surface area contributed by atoms with Crippen molar-refractivity contribution >= 4 is 34.5 Å². The number of benzene rings is 1. The lowest BCUT2D eigenvalue weighted by Gasteiger charge is -2.18.